The van der Waals surface area contributed by atoms with Gasteiger partial charge in [-0.05, 0) is 24.4 Å². The first kappa shape index (κ1) is 7.93. The molecular weight excluding hydrogens is 186 g/mol. The largest absolute Gasteiger partial charge is 0.368 e. The van der Waals surface area contributed by atoms with Crippen LogP contribution in [0.2, 0.25) is 0 Å². The van der Waals surface area contributed by atoms with Crippen molar-refractivity contribution in [3.63, 3.8) is 0 Å². The topological polar surface area (TPSA) is 72.5 Å². The van der Waals surface area contributed by atoms with Crippen molar-refractivity contribution in [3.8, 4) is 5.69 Å². The van der Waals surface area contributed by atoms with Crippen LogP contribution in [-0.2, 0) is 0 Å². The van der Waals surface area contributed by atoms with Crippen LogP contribution in [0.4, 0.5) is 5.95 Å². The Bertz CT molecular complexity index is 457. The van der Waals surface area contributed by atoms with E-state index in [-0.39, 0.29) is 0 Å². The van der Waals surface area contributed by atoms with Gasteiger partial charge in [0.1, 0.15) is 0 Å². The number of nitrogens with zero attached hydrogens (tertiary/aromatic N) is 3. The Morgan fingerprint density at radius 2 is 2.38 bits per heavy atom. The second kappa shape index (κ2) is 2.98. The van der Waals surface area contributed by atoms with Crippen molar-refractivity contribution in [1.29, 1.82) is 0 Å². The molecule has 13 heavy (non-hydrogen) atoms. The maximum absolute atomic E-state index is 5.60. The molecule has 2 heterocycles. The number of H-pyrrole nitrogens is 1. The van der Waals surface area contributed by atoms with Gasteiger partial charge in [-0.1, -0.05) is 0 Å². The molecule has 5 nitrogen and oxygen atoms in total. The van der Waals surface area contributed by atoms with Gasteiger partial charge in [0.05, 0.1) is 11.9 Å². The molecule has 0 amide bonds. The number of anilines is 1. The zero-order valence-corrected chi connectivity index (χ0v) is 7.45. The van der Waals surface area contributed by atoms with E-state index in [1.165, 1.54) is 0 Å². The molecule has 0 saturated heterocycles. The first-order valence-electron chi connectivity index (χ1n) is 3.62. The van der Waals surface area contributed by atoms with Crippen molar-refractivity contribution in [2.45, 2.75) is 0 Å². The molecule has 0 atom stereocenters. The number of nitrogens with one attached hydrogen (secondary N) is 1. The van der Waals surface area contributed by atoms with E-state index in [4.69, 9.17) is 18.0 Å². The molecule has 0 spiro atoms. The van der Waals surface area contributed by atoms with E-state index in [2.05, 4.69) is 15.2 Å². The number of hydrogen-bond donors (Lipinski definition) is 2. The molecule has 6 heteroatoms. The molecule has 0 unspecified atom stereocenters. The van der Waals surface area contributed by atoms with Gasteiger partial charge in [0.2, 0.25) is 10.7 Å². The summed E-state index contributed by atoms with van der Waals surface area (Å²) in [5.41, 5.74) is 6.40. The first-order valence-corrected chi connectivity index (χ1v) is 4.03. The SMILES string of the molecule is Nc1n[nH]c(=S)n1-c1cccnc1. The fourth-order valence-electron chi connectivity index (χ4n) is 1.04. The predicted octanol–water partition coefficient (Wildman–Crippen LogP) is 0.907. The fourth-order valence-corrected chi connectivity index (χ4v) is 1.29. The van der Waals surface area contributed by atoms with Gasteiger partial charge in [0.15, 0.2) is 0 Å². The van der Waals surface area contributed by atoms with Crippen LogP contribution in [0.25, 0.3) is 5.69 Å². The summed E-state index contributed by atoms with van der Waals surface area (Å²) in [6, 6.07) is 3.66. The molecule has 0 aliphatic rings. The molecule has 0 aromatic carbocycles. The minimum Gasteiger partial charge on any atom is -0.368 e. The summed E-state index contributed by atoms with van der Waals surface area (Å²) >= 11 is 4.99. The van der Waals surface area contributed by atoms with Crippen LogP contribution in [0.1, 0.15) is 0 Å². The predicted molar refractivity (Wildman–Crippen MR) is 51.0 cm³/mol. The summed E-state index contributed by atoms with van der Waals surface area (Å²) in [5.74, 6) is 0.331. The van der Waals surface area contributed by atoms with Gasteiger partial charge in [-0.2, -0.15) is 0 Å². The highest BCUT2D eigenvalue weighted by Gasteiger charge is 2.02. The Morgan fingerprint density at radius 1 is 1.54 bits per heavy atom. The molecule has 66 valence electrons. The Hall–Kier alpha value is -1.69. The third kappa shape index (κ3) is 1.31. The van der Waals surface area contributed by atoms with Gasteiger partial charge < -0.3 is 5.73 Å². The van der Waals surface area contributed by atoms with Crippen LogP contribution in [0.3, 0.4) is 0 Å². The highest BCUT2D eigenvalue weighted by atomic mass is 32.1. The number of nitrogen functional groups attached to an aromatic ring is 1. The zero-order chi connectivity index (χ0) is 9.26. The zero-order valence-electron chi connectivity index (χ0n) is 6.64. The third-order valence-corrected chi connectivity index (χ3v) is 1.88. The number of aromatic nitrogens is 4. The molecule has 2 aromatic heterocycles. The Balaban J connectivity index is 2.65. The van der Waals surface area contributed by atoms with Gasteiger partial charge in [-0.25, -0.2) is 5.10 Å². The molecule has 0 aliphatic heterocycles. The monoisotopic (exact) mass is 193 g/mol. The molecule has 0 aliphatic carbocycles. The van der Waals surface area contributed by atoms with Crippen molar-refractivity contribution < 1.29 is 0 Å². The number of aromatic amines is 1. The lowest BCUT2D eigenvalue weighted by Gasteiger charge is -2.00. The van der Waals surface area contributed by atoms with Crippen molar-refractivity contribution in [2.24, 2.45) is 0 Å². The third-order valence-electron chi connectivity index (χ3n) is 1.60. The molecule has 0 fully saturated rings. The summed E-state index contributed by atoms with van der Waals surface area (Å²) in [6.07, 6.45) is 3.35. The highest BCUT2D eigenvalue weighted by molar-refractivity contribution is 7.71. The number of rotatable bonds is 1. The first-order chi connectivity index (χ1) is 6.29. The lowest BCUT2D eigenvalue weighted by Crippen LogP contribution is -2.00. The van der Waals surface area contributed by atoms with E-state index < -0.39 is 0 Å². The van der Waals surface area contributed by atoms with Crippen LogP contribution >= 0.6 is 12.2 Å². The van der Waals surface area contributed by atoms with Crippen LogP contribution in [0.5, 0.6) is 0 Å². The molecule has 0 saturated carbocycles. The summed E-state index contributed by atoms with van der Waals surface area (Å²) in [5, 5.41) is 6.39. The van der Waals surface area contributed by atoms with Crippen molar-refractivity contribution in [3.05, 3.63) is 29.3 Å². The second-order valence-corrected chi connectivity index (χ2v) is 2.82. The van der Waals surface area contributed by atoms with Crippen molar-refractivity contribution in [2.75, 3.05) is 5.73 Å². The van der Waals surface area contributed by atoms with Gasteiger partial charge in [-0.15, -0.1) is 5.10 Å². The van der Waals surface area contributed by atoms with Crippen molar-refractivity contribution >= 4 is 18.2 Å². The molecule has 0 radical (unpaired) electrons. The summed E-state index contributed by atoms with van der Waals surface area (Å²) in [4.78, 5) is 3.96. The average molecular weight is 193 g/mol. The minimum atomic E-state index is 0.331. The lowest BCUT2D eigenvalue weighted by molar-refractivity contribution is 1.02. The Morgan fingerprint density at radius 3 is 2.92 bits per heavy atom. The highest BCUT2D eigenvalue weighted by Crippen LogP contribution is 2.09. The average Bonchev–Trinajstić information content (AvgIpc) is 2.48. The van der Waals surface area contributed by atoms with E-state index >= 15 is 0 Å². The Labute approximate surface area is 79.2 Å². The van der Waals surface area contributed by atoms with E-state index in [0.29, 0.717) is 10.7 Å². The van der Waals surface area contributed by atoms with Gasteiger partial charge in [0.25, 0.3) is 0 Å². The normalized spacial score (nSPS) is 10.2. The molecule has 3 N–H and O–H groups in total. The fraction of sp³-hybridized carbons (Fsp3) is 0. The maximum atomic E-state index is 5.60. The van der Waals surface area contributed by atoms with Crippen LogP contribution in [-0.4, -0.2) is 19.7 Å². The van der Waals surface area contributed by atoms with E-state index in [0.717, 1.165) is 5.69 Å². The number of pyridine rings is 1. The lowest BCUT2D eigenvalue weighted by atomic mass is 10.4. The summed E-state index contributed by atoms with van der Waals surface area (Å²) in [7, 11) is 0. The van der Waals surface area contributed by atoms with E-state index in [1.54, 1.807) is 17.0 Å². The standard InChI is InChI=1S/C7H7N5S/c8-6-10-11-7(13)12(6)5-2-1-3-9-4-5/h1-4H,(H2,8,10)(H,11,13). The van der Waals surface area contributed by atoms with Crippen LogP contribution in [0.15, 0.2) is 24.5 Å². The molecular formula is C7H7N5S. The van der Waals surface area contributed by atoms with E-state index in [9.17, 15) is 0 Å². The molecule has 2 aromatic rings. The molecule has 0 bridgehead atoms. The minimum absolute atomic E-state index is 0.331. The van der Waals surface area contributed by atoms with Crippen LogP contribution in [0, 0.1) is 4.77 Å². The van der Waals surface area contributed by atoms with E-state index in [1.807, 2.05) is 12.1 Å². The van der Waals surface area contributed by atoms with Crippen LogP contribution < -0.4 is 5.73 Å². The number of hydrogen-bond acceptors (Lipinski definition) is 4. The summed E-state index contributed by atoms with van der Waals surface area (Å²) in [6.45, 7) is 0. The summed E-state index contributed by atoms with van der Waals surface area (Å²) < 4.78 is 2.08. The Kier molecular flexibility index (Phi) is 1.82. The smallest absolute Gasteiger partial charge is 0.225 e. The maximum Gasteiger partial charge on any atom is 0.225 e. The molecule has 2 rings (SSSR count). The van der Waals surface area contributed by atoms with Crippen molar-refractivity contribution in [1.82, 2.24) is 19.7 Å². The number of nitrogens with two attached hydrogens (primary N) is 1. The second-order valence-electron chi connectivity index (χ2n) is 2.43. The van der Waals surface area contributed by atoms with Gasteiger partial charge in [-0.3, -0.25) is 9.55 Å². The quantitative estimate of drug-likeness (QED) is 0.660. The van der Waals surface area contributed by atoms with Gasteiger partial charge in [0, 0.05) is 6.20 Å². The van der Waals surface area contributed by atoms with Gasteiger partial charge >= 0.3 is 0 Å².